The molecular weight excluding hydrogens is 514 g/mol. The molecule has 0 aliphatic rings. The maximum atomic E-state index is 13.4. The van der Waals surface area contributed by atoms with Gasteiger partial charge >= 0.3 is 0 Å². The highest BCUT2D eigenvalue weighted by Gasteiger charge is 2.25. The van der Waals surface area contributed by atoms with E-state index in [4.69, 9.17) is 13.6 Å². The van der Waals surface area contributed by atoms with Crippen molar-refractivity contribution in [3.63, 3.8) is 0 Å². The van der Waals surface area contributed by atoms with Crippen molar-refractivity contribution in [2.24, 2.45) is 0 Å². The fourth-order valence-corrected chi connectivity index (χ4v) is 4.41. The van der Waals surface area contributed by atoms with E-state index in [1.807, 2.05) is 0 Å². The first-order chi connectivity index (χ1) is 16.9. The van der Waals surface area contributed by atoms with Crippen molar-refractivity contribution in [2.45, 2.75) is 6.92 Å². The van der Waals surface area contributed by atoms with E-state index in [0.717, 1.165) is 11.6 Å². The molecule has 1 amide bonds. The van der Waals surface area contributed by atoms with E-state index in [9.17, 15) is 14.4 Å². The smallest absolute Gasteiger partial charge is 0.291 e. The van der Waals surface area contributed by atoms with Crippen molar-refractivity contribution in [1.29, 1.82) is 0 Å². The van der Waals surface area contributed by atoms with Gasteiger partial charge in [-0.05, 0) is 64.8 Å². The first-order valence-electron chi connectivity index (χ1n) is 10.6. The minimum Gasteiger partial charge on any atom is -0.496 e. The number of halogens is 1. The van der Waals surface area contributed by atoms with Gasteiger partial charge in [0.15, 0.2) is 16.9 Å². The van der Waals surface area contributed by atoms with E-state index < -0.39 is 11.7 Å². The average Bonchev–Trinajstić information content (AvgIpc) is 3.22. The summed E-state index contributed by atoms with van der Waals surface area (Å²) in [5.74, 6) is -0.760. The zero-order valence-electron chi connectivity index (χ0n) is 18.7. The SMILES string of the molecule is COc1ccc(C(=O)c2oc3ccccc3c2NC(=O)c2cc(=O)c3cccc(C)c3o2)cc1Br. The number of ketones is 1. The van der Waals surface area contributed by atoms with Crippen LogP contribution in [0.1, 0.15) is 32.2 Å². The van der Waals surface area contributed by atoms with E-state index >= 15 is 0 Å². The highest BCUT2D eigenvalue weighted by Crippen LogP contribution is 2.34. The maximum absolute atomic E-state index is 13.4. The minimum atomic E-state index is -0.677. The molecule has 0 aliphatic heterocycles. The number of aryl methyl sites for hydroxylation is 1. The highest BCUT2D eigenvalue weighted by molar-refractivity contribution is 9.10. The molecule has 0 atom stereocenters. The third-order valence-electron chi connectivity index (χ3n) is 5.63. The van der Waals surface area contributed by atoms with Crippen LogP contribution in [0.3, 0.4) is 0 Å². The van der Waals surface area contributed by atoms with Crippen LogP contribution in [0.15, 0.2) is 84.8 Å². The van der Waals surface area contributed by atoms with Gasteiger partial charge in [0, 0.05) is 17.0 Å². The van der Waals surface area contributed by atoms with E-state index in [1.54, 1.807) is 67.6 Å². The molecule has 0 spiro atoms. The summed E-state index contributed by atoms with van der Waals surface area (Å²) in [4.78, 5) is 39.2. The molecule has 2 heterocycles. The van der Waals surface area contributed by atoms with E-state index in [-0.39, 0.29) is 22.6 Å². The van der Waals surface area contributed by atoms with Gasteiger partial charge in [-0.2, -0.15) is 0 Å². The summed E-state index contributed by atoms with van der Waals surface area (Å²) >= 11 is 3.38. The van der Waals surface area contributed by atoms with Crippen LogP contribution in [0, 0.1) is 6.92 Å². The number of anilines is 1. The Hall–Kier alpha value is -4.17. The number of furan rings is 1. The van der Waals surface area contributed by atoms with Crippen LogP contribution in [0.4, 0.5) is 5.69 Å². The number of carbonyl (C=O) groups is 2. The van der Waals surface area contributed by atoms with Gasteiger partial charge in [-0.3, -0.25) is 14.4 Å². The molecule has 35 heavy (non-hydrogen) atoms. The quantitative estimate of drug-likeness (QED) is 0.275. The number of hydrogen-bond donors (Lipinski definition) is 1. The van der Waals surface area contributed by atoms with Gasteiger partial charge in [0.05, 0.1) is 22.7 Å². The molecular formula is C27H18BrNO6. The lowest BCUT2D eigenvalue weighted by Crippen LogP contribution is -2.16. The predicted molar refractivity (Wildman–Crippen MR) is 136 cm³/mol. The second-order valence-corrected chi connectivity index (χ2v) is 8.72. The Morgan fingerprint density at radius 3 is 2.49 bits per heavy atom. The van der Waals surface area contributed by atoms with Crippen LogP contribution >= 0.6 is 15.9 Å². The number of ether oxygens (including phenoxy) is 1. The van der Waals surface area contributed by atoms with E-state index in [2.05, 4.69) is 21.2 Å². The molecule has 0 unspecified atom stereocenters. The summed E-state index contributed by atoms with van der Waals surface area (Å²) in [7, 11) is 1.53. The maximum Gasteiger partial charge on any atom is 0.291 e. The second-order valence-electron chi connectivity index (χ2n) is 7.86. The number of para-hydroxylation sites is 2. The second kappa shape index (κ2) is 8.88. The molecule has 5 aromatic rings. The molecule has 0 saturated heterocycles. The molecule has 0 radical (unpaired) electrons. The minimum absolute atomic E-state index is 0.0454. The third kappa shape index (κ3) is 4.02. The molecule has 2 aromatic heterocycles. The van der Waals surface area contributed by atoms with Gasteiger partial charge in [-0.15, -0.1) is 0 Å². The largest absolute Gasteiger partial charge is 0.496 e. The summed E-state index contributed by atoms with van der Waals surface area (Å²) in [5, 5.41) is 3.65. The summed E-state index contributed by atoms with van der Waals surface area (Å²) in [6.45, 7) is 1.79. The number of hydrogen-bond acceptors (Lipinski definition) is 6. The van der Waals surface area contributed by atoms with Gasteiger partial charge in [-0.1, -0.05) is 24.3 Å². The van der Waals surface area contributed by atoms with Gasteiger partial charge in [0.1, 0.15) is 16.9 Å². The molecule has 5 rings (SSSR count). The monoisotopic (exact) mass is 531 g/mol. The molecule has 1 N–H and O–H groups in total. The lowest BCUT2D eigenvalue weighted by Gasteiger charge is -2.08. The zero-order chi connectivity index (χ0) is 24.7. The van der Waals surface area contributed by atoms with Crippen LogP contribution in [0.5, 0.6) is 5.75 Å². The van der Waals surface area contributed by atoms with Gasteiger partial charge in [0.25, 0.3) is 5.91 Å². The van der Waals surface area contributed by atoms with Gasteiger partial charge in [-0.25, -0.2) is 0 Å². The normalized spacial score (nSPS) is 11.1. The van der Waals surface area contributed by atoms with E-state index in [0.29, 0.717) is 37.7 Å². The summed E-state index contributed by atoms with van der Waals surface area (Å²) in [6, 6.07) is 18.2. The molecule has 0 bridgehead atoms. The number of nitrogens with one attached hydrogen (secondary N) is 1. The average molecular weight is 532 g/mol. The summed E-state index contributed by atoms with van der Waals surface area (Å²) < 4.78 is 17.5. The van der Waals surface area contributed by atoms with Crippen LogP contribution < -0.4 is 15.5 Å². The lowest BCUT2D eigenvalue weighted by molar-refractivity contribution is 0.0997. The molecule has 0 saturated carbocycles. The van der Waals surface area contributed by atoms with Gasteiger partial charge < -0.3 is 18.9 Å². The van der Waals surface area contributed by atoms with Crippen LogP contribution in [-0.4, -0.2) is 18.8 Å². The molecule has 8 heteroatoms. The van der Waals surface area contributed by atoms with Crippen molar-refractivity contribution in [1.82, 2.24) is 0 Å². The van der Waals surface area contributed by atoms with Crippen LogP contribution in [-0.2, 0) is 0 Å². The van der Waals surface area contributed by atoms with Crippen molar-refractivity contribution < 1.29 is 23.2 Å². The first kappa shape index (κ1) is 22.6. The Morgan fingerprint density at radius 1 is 0.943 bits per heavy atom. The molecule has 7 nitrogen and oxygen atoms in total. The fraction of sp³-hybridized carbons (Fsp3) is 0.0741. The van der Waals surface area contributed by atoms with E-state index in [1.165, 1.54) is 7.11 Å². The fourth-order valence-electron chi connectivity index (χ4n) is 3.87. The molecule has 0 aliphatic carbocycles. The zero-order valence-corrected chi connectivity index (χ0v) is 20.3. The third-order valence-corrected chi connectivity index (χ3v) is 6.25. The Kier molecular flexibility index (Phi) is 5.74. The number of rotatable bonds is 5. The summed E-state index contributed by atoms with van der Waals surface area (Å²) in [5.41, 5.74) is 1.67. The molecule has 3 aromatic carbocycles. The van der Waals surface area contributed by atoms with Crippen LogP contribution in [0.2, 0.25) is 0 Å². The number of methoxy groups -OCH3 is 1. The molecule has 174 valence electrons. The number of carbonyl (C=O) groups excluding carboxylic acids is 2. The van der Waals surface area contributed by atoms with Crippen molar-refractivity contribution in [3.05, 3.63) is 104 Å². The Balaban J connectivity index is 1.59. The van der Waals surface area contributed by atoms with Gasteiger partial charge in [0.2, 0.25) is 5.78 Å². The summed E-state index contributed by atoms with van der Waals surface area (Å²) in [6.07, 6.45) is 0. The highest BCUT2D eigenvalue weighted by atomic mass is 79.9. The number of fused-ring (bicyclic) bond motifs is 2. The number of benzene rings is 3. The van der Waals surface area contributed by atoms with Crippen LogP contribution in [0.25, 0.3) is 21.9 Å². The predicted octanol–water partition coefficient (Wildman–Crippen LogP) is 6.10. The topological polar surface area (TPSA) is 98.7 Å². The Bertz CT molecular complexity index is 1700. The first-order valence-corrected chi connectivity index (χ1v) is 11.4. The van der Waals surface area contributed by atoms with Crippen molar-refractivity contribution in [3.8, 4) is 5.75 Å². The Morgan fingerprint density at radius 2 is 1.71 bits per heavy atom. The lowest BCUT2D eigenvalue weighted by atomic mass is 10.1. The molecule has 0 fully saturated rings. The number of amides is 1. The van der Waals surface area contributed by atoms with Crippen molar-refractivity contribution >= 4 is 55.2 Å². The van der Waals surface area contributed by atoms with Crippen molar-refractivity contribution in [2.75, 3.05) is 12.4 Å². The Labute approximate surface area is 207 Å². The standard InChI is InChI=1S/C27H18BrNO6/c1-14-6-5-8-16-19(30)13-22(35-25(14)16)27(32)29-23-17-7-3-4-9-20(17)34-26(23)24(31)15-10-11-21(33-2)18(28)12-15/h3-13H,1-2H3,(H,29,32).